The van der Waals surface area contributed by atoms with Gasteiger partial charge in [-0.1, -0.05) is 67.3 Å². The molecule has 0 bridgehead atoms. The van der Waals surface area contributed by atoms with Gasteiger partial charge in [0.1, 0.15) is 6.61 Å². The van der Waals surface area contributed by atoms with Gasteiger partial charge in [0.25, 0.3) is 0 Å². The van der Waals surface area contributed by atoms with Crippen LogP contribution in [0.1, 0.15) is 16.7 Å². The molecule has 0 amide bonds. The van der Waals surface area contributed by atoms with E-state index in [1.165, 1.54) is 6.08 Å². The highest BCUT2D eigenvalue weighted by Crippen LogP contribution is 2.11. The number of rotatable bonds is 5. The SMILES string of the molecule is C=Cc1ccccc1COC(=O)C=Cc1ccccc1. The molecule has 0 aliphatic carbocycles. The van der Waals surface area contributed by atoms with Crippen LogP contribution in [0.2, 0.25) is 0 Å². The summed E-state index contributed by atoms with van der Waals surface area (Å²) in [4.78, 5) is 11.7. The summed E-state index contributed by atoms with van der Waals surface area (Å²) in [5.41, 5.74) is 2.90. The summed E-state index contributed by atoms with van der Waals surface area (Å²) in [6.45, 7) is 3.99. The van der Waals surface area contributed by atoms with Gasteiger partial charge >= 0.3 is 5.97 Å². The highest BCUT2D eigenvalue weighted by atomic mass is 16.5. The monoisotopic (exact) mass is 264 g/mol. The molecule has 0 saturated carbocycles. The Bertz CT molecular complexity index is 612. The fraction of sp³-hybridized carbons (Fsp3) is 0.0556. The van der Waals surface area contributed by atoms with Crippen molar-refractivity contribution in [1.29, 1.82) is 0 Å². The Morgan fingerprint density at radius 2 is 1.75 bits per heavy atom. The summed E-state index contributed by atoms with van der Waals surface area (Å²) >= 11 is 0. The molecule has 2 heteroatoms. The fourth-order valence-electron chi connectivity index (χ4n) is 1.79. The van der Waals surface area contributed by atoms with Crippen LogP contribution in [0.3, 0.4) is 0 Å². The zero-order chi connectivity index (χ0) is 14.2. The molecule has 100 valence electrons. The fourth-order valence-corrected chi connectivity index (χ4v) is 1.79. The lowest BCUT2D eigenvalue weighted by atomic mass is 10.1. The van der Waals surface area contributed by atoms with E-state index >= 15 is 0 Å². The third-order valence-electron chi connectivity index (χ3n) is 2.86. The highest BCUT2D eigenvalue weighted by Gasteiger charge is 2.01. The summed E-state index contributed by atoms with van der Waals surface area (Å²) in [5, 5.41) is 0. The molecular formula is C18H16O2. The molecular weight excluding hydrogens is 248 g/mol. The van der Waals surface area contributed by atoms with Crippen molar-refractivity contribution in [2.45, 2.75) is 6.61 Å². The first-order chi connectivity index (χ1) is 9.79. The number of ether oxygens (including phenoxy) is 1. The zero-order valence-electron chi connectivity index (χ0n) is 11.2. The van der Waals surface area contributed by atoms with Crippen LogP contribution < -0.4 is 0 Å². The Kier molecular flexibility index (Phi) is 4.90. The first kappa shape index (κ1) is 13.8. The maximum atomic E-state index is 11.7. The van der Waals surface area contributed by atoms with Crippen molar-refractivity contribution in [2.24, 2.45) is 0 Å². The number of hydrogen-bond acceptors (Lipinski definition) is 2. The predicted octanol–water partition coefficient (Wildman–Crippen LogP) is 4.09. The average molecular weight is 264 g/mol. The second-order valence-corrected chi connectivity index (χ2v) is 4.25. The van der Waals surface area contributed by atoms with Crippen molar-refractivity contribution in [2.75, 3.05) is 0 Å². The maximum Gasteiger partial charge on any atom is 0.331 e. The molecule has 0 fully saturated rings. The van der Waals surface area contributed by atoms with Crippen LogP contribution in [-0.2, 0) is 16.1 Å². The average Bonchev–Trinajstić information content (AvgIpc) is 2.52. The van der Waals surface area contributed by atoms with Crippen molar-refractivity contribution in [1.82, 2.24) is 0 Å². The predicted molar refractivity (Wildman–Crippen MR) is 81.8 cm³/mol. The van der Waals surface area contributed by atoms with E-state index in [1.54, 1.807) is 12.2 Å². The Morgan fingerprint density at radius 1 is 1.05 bits per heavy atom. The first-order valence-electron chi connectivity index (χ1n) is 6.40. The number of carbonyl (C=O) groups is 1. The van der Waals surface area contributed by atoms with Crippen molar-refractivity contribution in [3.63, 3.8) is 0 Å². The lowest BCUT2D eigenvalue weighted by Gasteiger charge is -2.05. The molecule has 0 aliphatic heterocycles. The molecule has 0 heterocycles. The largest absolute Gasteiger partial charge is 0.458 e. The molecule has 0 N–H and O–H groups in total. The summed E-state index contributed by atoms with van der Waals surface area (Å²) < 4.78 is 5.22. The van der Waals surface area contributed by atoms with E-state index in [4.69, 9.17) is 4.74 Å². The third-order valence-corrected chi connectivity index (χ3v) is 2.86. The van der Waals surface area contributed by atoms with Crippen molar-refractivity contribution >= 4 is 18.1 Å². The van der Waals surface area contributed by atoms with Crippen LogP contribution in [0.15, 0.2) is 67.3 Å². The van der Waals surface area contributed by atoms with Gasteiger partial charge in [0, 0.05) is 6.08 Å². The van der Waals surface area contributed by atoms with E-state index in [-0.39, 0.29) is 12.6 Å². The standard InChI is InChI=1S/C18H16O2/c1-2-16-10-6-7-11-17(16)14-20-18(19)13-12-15-8-4-3-5-9-15/h2-13H,1,14H2. The Balaban J connectivity index is 1.92. The van der Waals surface area contributed by atoms with Gasteiger partial charge in [-0.15, -0.1) is 0 Å². The lowest BCUT2D eigenvalue weighted by Crippen LogP contribution is -2.01. The number of esters is 1. The van der Waals surface area contributed by atoms with Crippen LogP contribution in [0, 0.1) is 0 Å². The Labute approximate surface area is 119 Å². The molecule has 0 aliphatic rings. The minimum Gasteiger partial charge on any atom is -0.458 e. The molecule has 2 rings (SSSR count). The van der Waals surface area contributed by atoms with Gasteiger partial charge in [-0.3, -0.25) is 0 Å². The topological polar surface area (TPSA) is 26.3 Å². The molecule has 2 aromatic carbocycles. The lowest BCUT2D eigenvalue weighted by molar-refractivity contribution is -0.138. The second kappa shape index (κ2) is 7.10. The smallest absolute Gasteiger partial charge is 0.331 e. The summed E-state index contributed by atoms with van der Waals surface area (Å²) in [5.74, 6) is -0.354. The minimum atomic E-state index is -0.354. The van der Waals surface area contributed by atoms with E-state index in [2.05, 4.69) is 6.58 Å². The molecule has 0 saturated heterocycles. The van der Waals surface area contributed by atoms with Crippen LogP contribution in [0.25, 0.3) is 12.2 Å². The molecule has 0 atom stereocenters. The minimum absolute atomic E-state index is 0.250. The van der Waals surface area contributed by atoms with Crippen molar-refractivity contribution < 1.29 is 9.53 Å². The molecule has 20 heavy (non-hydrogen) atoms. The van der Waals surface area contributed by atoms with E-state index in [9.17, 15) is 4.79 Å². The van der Waals surface area contributed by atoms with Crippen LogP contribution >= 0.6 is 0 Å². The Hall–Kier alpha value is -2.61. The number of hydrogen-bond donors (Lipinski definition) is 0. The first-order valence-corrected chi connectivity index (χ1v) is 6.40. The van der Waals surface area contributed by atoms with E-state index in [1.807, 2.05) is 54.6 Å². The zero-order valence-corrected chi connectivity index (χ0v) is 11.2. The van der Waals surface area contributed by atoms with Gasteiger partial charge in [-0.2, -0.15) is 0 Å². The third kappa shape index (κ3) is 3.95. The van der Waals surface area contributed by atoms with Crippen LogP contribution in [-0.4, -0.2) is 5.97 Å². The number of carbonyl (C=O) groups excluding carboxylic acids is 1. The quantitative estimate of drug-likeness (QED) is 0.600. The van der Waals surface area contributed by atoms with E-state index in [0.29, 0.717) is 0 Å². The van der Waals surface area contributed by atoms with Gasteiger partial charge in [-0.25, -0.2) is 4.79 Å². The summed E-state index contributed by atoms with van der Waals surface area (Å²) in [6.07, 6.45) is 4.93. The molecule has 0 unspecified atom stereocenters. The van der Waals surface area contributed by atoms with E-state index < -0.39 is 0 Å². The summed E-state index contributed by atoms with van der Waals surface area (Å²) in [7, 11) is 0. The van der Waals surface area contributed by atoms with Crippen LogP contribution in [0.5, 0.6) is 0 Å². The van der Waals surface area contributed by atoms with E-state index in [0.717, 1.165) is 16.7 Å². The molecule has 2 aromatic rings. The van der Waals surface area contributed by atoms with Gasteiger partial charge in [0.2, 0.25) is 0 Å². The van der Waals surface area contributed by atoms with Gasteiger partial charge in [0.05, 0.1) is 0 Å². The van der Waals surface area contributed by atoms with Gasteiger partial charge < -0.3 is 4.74 Å². The molecule has 0 aromatic heterocycles. The summed E-state index contributed by atoms with van der Waals surface area (Å²) in [6, 6.07) is 17.3. The molecule has 0 spiro atoms. The van der Waals surface area contributed by atoms with Gasteiger partial charge in [-0.05, 0) is 22.8 Å². The molecule has 0 radical (unpaired) electrons. The van der Waals surface area contributed by atoms with Crippen molar-refractivity contribution in [3.05, 3.63) is 83.9 Å². The molecule has 2 nitrogen and oxygen atoms in total. The highest BCUT2D eigenvalue weighted by molar-refractivity contribution is 5.87. The Morgan fingerprint density at radius 3 is 2.50 bits per heavy atom. The van der Waals surface area contributed by atoms with Crippen molar-refractivity contribution in [3.8, 4) is 0 Å². The van der Waals surface area contributed by atoms with Crippen LogP contribution in [0.4, 0.5) is 0 Å². The normalized spacial score (nSPS) is 10.4. The second-order valence-electron chi connectivity index (χ2n) is 4.25. The maximum absolute atomic E-state index is 11.7. The number of benzene rings is 2. The van der Waals surface area contributed by atoms with Gasteiger partial charge in [0.15, 0.2) is 0 Å².